The summed E-state index contributed by atoms with van der Waals surface area (Å²) in [5, 5.41) is 0. The molecule has 0 aromatic rings. The molecule has 1 radical (unpaired) electrons. The highest BCUT2D eigenvalue weighted by Gasteiger charge is 1.89. The second kappa shape index (κ2) is 15.5. The maximum Gasteiger partial charge on any atom is -0.0316 e. The molecule has 0 saturated carbocycles. The van der Waals surface area contributed by atoms with Crippen molar-refractivity contribution in [1.82, 2.24) is 0 Å². The van der Waals surface area contributed by atoms with E-state index in [1.807, 2.05) is 6.08 Å². The fourth-order valence-electron chi connectivity index (χ4n) is 1.91. The van der Waals surface area contributed by atoms with E-state index in [2.05, 4.69) is 32.1 Å². The van der Waals surface area contributed by atoms with Crippen LogP contribution in [0.15, 0.2) is 24.3 Å². The maximum atomic E-state index is 3.69. The summed E-state index contributed by atoms with van der Waals surface area (Å²) in [5.41, 5.74) is 0. The summed E-state index contributed by atoms with van der Waals surface area (Å²) < 4.78 is 0. The van der Waals surface area contributed by atoms with Gasteiger partial charge in [0, 0.05) is 0 Å². The average Bonchev–Trinajstić information content (AvgIpc) is 2.35. The Labute approximate surface area is 109 Å². The van der Waals surface area contributed by atoms with Crippen molar-refractivity contribution < 1.29 is 0 Å². The molecule has 17 heavy (non-hydrogen) atoms. The number of rotatable bonds is 12. The molecule has 0 heterocycles. The van der Waals surface area contributed by atoms with Gasteiger partial charge in [-0.25, -0.2) is 0 Å². The normalized spacial score (nSPS) is 11.9. The highest BCUT2D eigenvalue weighted by atomic mass is 14.0. The van der Waals surface area contributed by atoms with Crippen LogP contribution in [0.4, 0.5) is 0 Å². The highest BCUT2D eigenvalue weighted by Crippen LogP contribution is 2.09. The first-order valence-electron chi connectivity index (χ1n) is 7.51. The molecule has 0 fully saturated rings. The highest BCUT2D eigenvalue weighted by molar-refractivity contribution is 4.83. The lowest BCUT2D eigenvalue weighted by Crippen LogP contribution is -1.79. The summed E-state index contributed by atoms with van der Waals surface area (Å²) >= 11 is 0. The van der Waals surface area contributed by atoms with E-state index in [4.69, 9.17) is 0 Å². The van der Waals surface area contributed by atoms with Gasteiger partial charge in [-0.2, -0.15) is 0 Å². The van der Waals surface area contributed by atoms with Gasteiger partial charge in [0.05, 0.1) is 0 Å². The van der Waals surface area contributed by atoms with Gasteiger partial charge in [-0.05, 0) is 39.0 Å². The van der Waals surface area contributed by atoms with Gasteiger partial charge in [0.1, 0.15) is 0 Å². The smallest absolute Gasteiger partial charge is 0.0316 e. The minimum absolute atomic E-state index is 1.21. The molecule has 0 amide bonds. The Morgan fingerprint density at radius 2 is 1.12 bits per heavy atom. The van der Waals surface area contributed by atoms with Gasteiger partial charge in [-0.15, -0.1) is 0 Å². The third-order valence-electron chi connectivity index (χ3n) is 3.05. The molecule has 0 bridgehead atoms. The van der Waals surface area contributed by atoms with Crippen molar-refractivity contribution in [2.45, 2.75) is 77.6 Å². The van der Waals surface area contributed by atoms with Gasteiger partial charge in [-0.1, -0.05) is 69.8 Å². The molecule has 99 valence electrons. The lowest BCUT2D eigenvalue weighted by Gasteiger charge is -1.99. The van der Waals surface area contributed by atoms with Crippen LogP contribution in [0.5, 0.6) is 0 Å². The molecule has 0 aliphatic heterocycles. The zero-order valence-electron chi connectivity index (χ0n) is 11.8. The summed E-state index contributed by atoms with van der Waals surface area (Å²) in [4.78, 5) is 0. The van der Waals surface area contributed by atoms with Crippen molar-refractivity contribution in [2.24, 2.45) is 0 Å². The Balaban J connectivity index is 3.00. The van der Waals surface area contributed by atoms with E-state index in [1.165, 1.54) is 70.6 Å². The largest absolute Gasteiger partial charge is 0.0885 e. The summed E-state index contributed by atoms with van der Waals surface area (Å²) in [5.74, 6) is 0. The summed E-state index contributed by atoms with van der Waals surface area (Å²) in [6.07, 6.45) is 23.6. The Morgan fingerprint density at radius 1 is 0.647 bits per heavy atom. The van der Waals surface area contributed by atoms with E-state index in [-0.39, 0.29) is 0 Å². The molecule has 0 heteroatoms. The van der Waals surface area contributed by atoms with E-state index < -0.39 is 0 Å². The third kappa shape index (κ3) is 15.5. The van der Waals surface area contributed by atoms with E-state index in [1.54, 1.807) is 0 Å². The van der Waals surface area contributed by atoms with Crippen molar-refractivity contribution in [3.05, 3.63) is 31.2 Å². The lowest BCUT2D eigenvalue weighted by atomic mass is 10.1. The molecule has 0 aliphatic carbocycles. The topological polar surface area (TPSA) is 0 Å². The Morgan fingerprint density at radius 3 is 1.65 bits per heavy atom. The van der Waals surface area contributed by atoms with Gasteiger partial charge < -0.3 is 0 Å². The molecular formula is C17H31. The fraction of sp³-hybridized carbons (Fsp3) is 0.706. The van der Waals surface area contributed by atoms with Gasteiger partial charge in [0.25, 0.3) is 0 Å². The molecule has 0 aromatic heterocycles. The second-order valence-electron chi connectivity index (χ2n) is 4.78. The van der Waals surface area contributed by atoms with Gasteiger partial charge in [-0.3, -0.25) is 0 Å². The Bertz CT molecular complexity index is 176. The number of hydrogen-bond donors (Lipinski definition) is 0. The van der Waals surface area contributed by atoms with Crippen LogP contribution in [0.3, 0.4) is 0 Å². The van der Waals surface area contributed by atoms with Crippen molar-refractivity contribution in [3.63, 3.8) is 0 Å². The van der Waals surface area contributed by atoms with E-state index in [0.717, 1.165) is 0 Å². The molecule has 0 nitrogen and oxygen atoms in total. The minimum atomic E-state index is 1.21. The van der Waals surface area contributed by atoms with Crippen LogP contribution < -0.4 is 0 Å². The van der Waals surface area contributed by atoms with Crippen LogP contribution in [0, 0.1) is 6.92 Å². The first-order chi connectivity index (χ1) is 8.41. The minimum Gasteiger partial charge on any atom is -0.0885 e. The summed E-state index contributed by atoms with van der Waals surface area (Å²) in [6, 6.07) is 0. The van der Waals surface area contributed by atoms with Gasteiger partial charge in [0.2, 0.25) is 0 Å². The molecular weight excluding hydrogens is 204 g/mol. The average molecular weight is 235 g/mol. The van der Waals surface area contributed by atoms with E-state index in [0.29, 0.717) is 0 Å². The standard InChI is InChI=1S/C17H31/c1-3-5-7-9-11-13-15-17-16-14-12-10-8-6-4-2/h3,5,10,12H,1,4,6-9,11,13-17H2,2H3/b5-3+,12-10+. The fourth-order valence-corrected chi connectivity index (χ4v) is 1.91. The summed E-state index contributed by atoms with van der Waals surface area (Å²) in [6.45, 7) is 5.94. The van der Waals surface area contributed by atoms with Crippen molar-refractivity contribution in [3.8, 4) is 0 Å². The number of hydrogen-bond acceptors (Lipinski definition) is 0. The van der Waals surface area contributed by atoms with Crippen LogP contribution >= 0.6 is 0 Å². The van der Waals surface area contributed by atoms with Crippen molar-refractivity contribution in [2.75, 3.05) is 0 Å². The van der Waals surface area contributed by atoms with E-state index in [9.17, 15) is 0 Å². The predicted molar refractivity (Wildman–Crippen MR) is 80.1 cm³/mol. The SMILES string of the molecule is [CH2]/C=C/CCCCCCCC/C=C/CCCC. The quantitative estimate of drug-likeness (QED) is 0.277. The molecule has 0 spiro atoms. The number of allylic oxidation sites excluding steroid dienone is 4. The lowest BCUT2D eigenvalue weighted by molar-refractivity contribution is 0.599. The van der Waals surface area contributed by atoms with Crippen LogP contribution in [0.2, 0.25) is 0 Å². The molecule has 0 aromatic carbocycles. The van der Waals surface area contributed by atoms with Crippen molar-refractivity contribution in [1.29, 1.82) is 0 Å². The van der Waals surface area contributed by atoms with Gasteiger partial charge >= 0.3 is 0 Å². The Kier molecular flexibility index (Phi) is 15.0. The predicted octanol–water partition coefficient (Wildman–Crippen LogP) is 6.24. The monoisotopic (exact) mass is 235 g/mol. The molecule has 0 atom stereocenters. The number of unbranched alkanes of at least 4 members (excludes halogenated alkanes) is 9. The molecule has 0 saturated heterocycles. The third-order valence-corrected chi connectivity index (χ3v) is 3.05. The Hall–Kier alpha value is -0.520. The van der Waals surface area contributed by atoms with Crippen molar-refractivity contribution >= 4 is 0 Å². The zero-order valence-corrected chi connectivity index (χ0v) is 11.8. The first-order valence-corrected chi connectivity index (χ1v) is 7.51. The van der Waals surface area contributed by atoms with Crippen LogP contribution in [0.1, 0.15) is 77.6 Å². The van der Waals surface area contributed by atoms with Crippen LogP contribution in [0.25, 0.3) is 0 Å². The van der Waals surface area contributed by atoms with Crippen LogP contribution in [-0.2, 0) is 0 Å². The molecule has 0 unspecified atom stereocenters. The first kappa shape index (κ1) is 16.5. The molecule has 0 rings (SSSR count). The van der Waals surface area contributed by atoms with Gasteiger partial charge in [0.15, 0.2) is 0 Å². The van der Waals surface area contributed by atoms with Crippen LogP contribution in [-0.4, -0.2) is 0 Å². The summed E-state index contributed by atoms with van der Waals surface area (Å²) in [7, 11) is 0. The maximum absolute atomic E-state index is 3.69. The zero-order chi connectivity index (χ0) is 12.6. The molecule has 0 aliphatic rings. The molecule has 0 N–H and O–H groups in total. The second-order valence-corrected chi connectivity index (χ2v) is 4.78. The van der Waals surface area contributed by atoms with E-state index >= 15 is 0 Å².